The van der Waals surface area contributed by atoms with Crippen LogP contribution in [-0.4, -0.2) is 58.9 Å². The van der Waals surface area contributed by atoms with Crippen LogP contribution in [0.3, 0.4) is 0 Å². The number of halogens is 2. The first-order valence-electron chi connectivity index (χ1n) is 9.83. The molecule has 0 aliphatic rings. The first kappa shape index (κ1) is 30.5. The third-order valence-electron chi connectivity index (χ3n) is 4.35. The fraction of sp³-hybridized carbons (Fsp3) is 1.00. The number of hydrogen-bond donors (Lipinski definition) is 1. The maximum atomic E-state index is 10.4. The second-order valence-corrected chi connectivity index (χ2v) is 10.3. The van der Waals surface area contributed by atoms with E-state index in [4.69, 9.17) is 4.89 Å². The molecule has 4 nitrogen and oxygen atoms in total. The standard InChI is InChI=1S/C18H37Br2O4P.Ca/c1-2-3-4-5-8-11-14-17(19)18(20)15-12-9-6-7-10-13-16-24-25(21,22)23;/h17-18H,2-16H2,1H3,(H2,21,22,23);/q;+2/p-1. The summed E-state index contributed by atoms with van der Waals surface area (Å²) in [6.45, 7) is 2.34. The van der Waals surface area contributed by atoms with Gasteiger partial charge in [-0.25, -0.2) is 0 Å². The van der Waals surface area contributed by atoms with Crippen LogP contribution in [0.4, 0.5) is 0 Å². The number of phosphoric acid groups is 1. The summed E-state index contributed by atoms with van der Waals surface area (Å²) < 4.78 is 14.7. The summed E-state index contributed by atoms with van der Waals surface area (Å²) >= 11 is 7.64. The first-order chi connectivity index (χ1) is 11.9. The van der Waals surface area contributed by atoms with Gasteiger partial charge >= 0.3 is 37.7 Å². The van der Waals surface area contributed by atoms with Gasteiger partial charge in [-0.05, 0) is 19.3 Å². The van der Waals surface area contributed by atoms with Crippen molar-refractivity contribution in [1.29, 1.82) is 0 Å². The molecule has 0 heterocycles. The molecule has 0 saturated carbocycles. The van der Waals surface area contributed by atoms with Crippen LogP contribution in [0.1, 0.15) is 96.8 Å². The van der Waals surface area contributed by atoms with Gasteiger partial charge in [-0.3, -0.25) is 4.57 Å². The molecule has 3 atom stereocenters. The Morgan fingerprint density at radius 2 is 1.23 bits per heavy atom. The largest absolute Gasteiger partial charge is 2.00 e. The Labute approximate surface area is 207 Å². The molecule has 0 fully saturated rings. The number of hydrogen-bond acceptors (Lipinski definition) is 3. The van der Waals surface area contributed by atoms with Crippen molar-refractivity contribution in [1.82, 2.24) is 0 Å². The maximum absolute atomic E-state index is 10.4. The number of rotatable bonds is 18. The van der Waals surface area contributed by atoms with E-state index in [1.54, 1.807) is 0 Å². The predicted octanol–water partition coefficient (Wildman–Crippen LogP) is 6.09. The van der Waals surface area contributed by atoms with Gasteiger partial charge in [0.25, 0.3) is 7.82 Å². The van der Waals surface area contributed by atoms with Gasteiger partial charge in [-0.1, -0.05) is 109 Å². The second kappa shape index (κ2) is 20.6. The molecule has 1 N–H and O–H groups in total. The minimum Gasteiger partial charge on any atom is -0.756 e. The Morgan fingerprint density at radius 1 is 0.846 bits per heavy atom. The van der Waals surface area contributed by atoms with E-state index >= 15 is 0 Å². The van der Waals surface area contributed by atoms with E-state index in [1.165, 1.54) is 64.2 Å². The molecule has 3 unspecified atom stereocenters. The molecular formula is C18H36Br2CaO4P+. The monoisotopic (exact) mass is 545 g/mol. The van der Waals surface area contributed by atoms with Gasteiger partial charge in [0.15, 0.2) is 0 Å². The molecule has 8 heteroatoms. The quantitative estimate of drug-likeness (QED) is 0.0976. The van der Waals surface area contributed by atoms with E-state index in [0.29, 0.717) is 16.1 Å². The second-order valence-electron chi connectivity index (χ2n) is 6.80. The molecule has 0 amide bonds. The maximum Gasteiger partial charge on any atom is 2.00 e. The Morgan fingerprint density at radius 3 is 1.65 bits per heavy atom. The van der Waals surface area contributed by atoms with Crippen molar-refractivity contribution in [2.75, 3.05) is 6.61 Å². The normalized spacial score (nSPS) is 15.9. The molecular weight excluding hydrogens is 511 g/mol. The first-order valence-corrected chi connectivity index (χ1v) is 13.2. The molecule has 0 saturated heterocycles. The van der Waals surface area contributed by atoms with Crippen LogP contribution in [0.15, 0.2) is 0 Å². The van der Waals surface area contributed by atoms with E-state index in [2.05, 4.69) is 43.3 Å². The molecule has 0 rings (SSSR count). The van der Waals surface area contributed by atoms with Gasteiger partial charge in [0, 0.05) is 9.65 Å². The summed E-state index contributed by atoms with van der Waals surface area (Å²) in [5.41, 5.74) is 0. The van der Waals surface area contributed by atoms with Crippen molar-refractivity contribution in [3.05, 3.63) is 0 Å². The summed E-state index contributed by atoms with van der Waals surface area (Å²) in [4.78, 5) is 20.0. The van der Waals surface area contributed by atoms with Crippen molar-refractivity contribution >= 4 is 77.4 Å². The molecule has 152 valence electrons. The minimum absolute atomic E-state index is 0. The van der Waals surface area contributed by atoms with Gasteiger partial charge in [0.1, 0.15) is 0 Å². The molecule has 0 aliphatic carbocycles. The van der Waals surface area contributed by atoms with E-state index in [1.807, 2.05) is 0 Å². The third-order valence-corrected chi connectivity index (χ3v) is 7.76. The average molecular weight is 547 g/mol. The summed E-state index contributed by atoms with van der Waals surface area (Å²) in [6, 6.07) is 0. The zero-order chi connectivity index (χ0) is 19.0. The third kappa shape index (κ3) is 22.6. The van der Waals surface area contributed by atoms with Crippen LogP contribution < -0.4 is 4.89 Å². The van der Waals surface area contributed by atoms with E-state index < -0.39 is 7.82 Å². The number of unbranched alkanes of at least 4 members (excludes halogenated alkanes) is 10. The predicted molar refractivity (Wildman–Crippen MR) is 117 cm³/mol. The molecule has 0 radical (unpaired) electrons. The van der Waals surface area contributed by atoms with Crippen LogP contribution in [0.5, 0.6) is 0 Å². The molecule has 0 spiro atoms. The topological polar surface area (TPSA) is 69.6 Å². The van der Waals surface area contributed by atoms with Crippen molar-refractivity contribution in [2.24, 2.45) is 0 Å². The smallest absolute Gasteiger partial charge is 0.756 e. The number of phosphoric ester groups is 1. The van der Waals surface area contributed by atoms with Crippen molar-refractivity contribution in [2.45, 2.75) is 106 Å². The Bertz CT molecular complexity index is 345. The summed E-state index contributed by atoms with van der Waals surface area (Å²) in [5, 5.41) is 0. The fourth-order valence-corrected chi connectivity index (χ4v) is 4.35. The Kier molecular flexibility index (Phi) is 24.2. The van der Waals surface area contributed by atoms with Crippen molar-refractivity contribution in [3.63, 3.8) is 0 Å². The molecule has 0 aliphatic heterocycles. The van der Waals surface area contributed by atoms with Crippen molar-refractivity contribution in [3.8, 4) is 0 Å². The van der Waals surface area contributed by atoms with Gasteiger partial charge in [0.2, 0.25) is 0 Å². The minimum atomic E-state index is -4.53. The summed E-state index contributed by atoms with van der Waals surface area (Å²) in [5.74, 6) is 0. The van der Waals surface area contributed by atoms with Gasteiger partial charge in [-0.15, -0.1) is 0 Å². The Hall–Kier alpha value is 2.33. The molecule has 0 aromatic heterocycles. The molecule has 0 aromatic carbocycles. The fourth-order valence-electron chi connectivity index (χ4n) is 2.81. The molecule has 0 aromatic rings. The zero-order valence-electron chi connectivity index (χ0n) is 16.3. The summed E-state index contributed by atoms with van der Waals surface area (Å²) in [6.07, 6.45) is 16.8. The van der Waals surface area contributed by atoms with Crippen LogP contribution in [0, 0.1) is 0 Å². The van der Waals surface area contributed by atoms with E-state index in [9.17, 15) is 9.46 Å². The summed E-state index contributed by atoms with van der Waals surface area (Å²) in [7, 11) is -4.53. The van der Waals surface area contributed by atoms with E-state index in [-0.39, 0.29) is 44.3 Å². The van der Waals surface area contributed by atoms with Crippen molar-refractivity contribution < 1.29 is 18.9 Å². The van der Waals surface area contributed by atoms with Crippen LogP contribution >= 0.6 is 39.7 Å². The van der Waals surface area contributed by atoms with Crippen LogP contribution in [0.25, 0.3) is 0 Å². The molecule has 26 heavy (non-hydrogen) atoms. The van der Waals surface area contributed by atoms with Crippen LogP contribution in [0.2, 0.25) is 0 Å². The average Bonchev–Trinajstić information content (AvgIpc) is 2.55. The zero-order valence-corrected chi connectivity index (χ0v) is 22.6. The number of alkyl halides is 2. The van der Waals surface area contributed by atoms with Crippen LogP contribution in [-0.2, 0) is 9.09 Å². The van der Waals surface area contributed by atoms with E-state index in [0.717, 1.165) is 19.3 Å². The van der Waals surface area contributed by atoms with Gasteiger partial charge < -0.3 is 14.3 Å². The molecule has 0 bridgehead atoms. The Balaban J connectivity index is 0. The van der Waals surface area contributed by atoms with Gasteiger partial charge in [-0.2, -0.15) is 0 Å². The van der Waals surface area contributed by atoms with Gasteiger partial charge in [0.05, 0.1) is 6.61 Å². The SMILES string of the molecule is CCCCCCCCC(Br)C(Br)CCCCCCCCOP(=O)([O-])O.[Ca+2].